The van der Waals surface area contributed by atoms with Crippen molar-refractivity contribution in [2.24, 2.45) is 5.92 Å². The molecule has 0 saturated heterocycles. The first-order valence-electron chi connectivity index (χ1n) is 12.4. The third-order valence-corrected chi connectivity index (χ3v) is 7.02. The van der Waals surface area contributed by atoms with Gasteiger partial charge in [-0.2, -0.15) is 0 Å². The van der Waals surface area contributed by atoms with Crippen molar-refractivity contribution in [3.63, 3.8) is 0 Å². The van der Waals surface area contributed by atoms with E-state index in [9.17, 15) is 9.18 Å². The van der Waals surface area contributed by atoms with Crippen LogP contribution in [0.25, 0.3) is 17.2 Å². The van der Waals surface area contributed by atoms with E-state index in [1.54, 1.807) is 6.08 Å². The number of hydrogen-bond donors (Lipinski definition) is 3. The Morgan fingerprint density at radius 3 is 2.44 bits per heavy atom. The highest BCUT2D eigenvalue weighted by Gasteiger charge is 2.28. The summed E-state index contributed by atoms with van der Waals surface area (Å²) in [5.74, 6) is 0.669. The number of amides is 1. The molecule has 0 spiro atoms. The minimum Gasteiger partial charge on any atom is -0.351 e. The van der Waals surface area contributed by atoms with Crippen LogP contribution in [0.5, 0.6) is 0 Å². The number of nitrogens with one attached hydrogen (secondary N) is 3. The highest BCUT2D eigenvalue weighted by molar-refractivity contribution is 6.18. The second-order valence-corrected chi connectivity index (χ2v) is 9.53. The second-order valence-electron chi connectivity index (χ2n) is 9.15. The van der Waals surface area contributed by atoms with Gasteiger partial charge in [-0.15, -0.1) is 11.6 Å². The maximum absolute atomic E-state index is 14.6. The number of fused-ring (bicyclic) bond motifs is 1. The van der Waals surface area contributed by atoms with Gasteiger partial charge in [-0.3, -0.25) is 4.79 Å². The molecule has 1 unspecified atom stereocenters. The Balaban J connectivity index is 1.59. The summed E-state index contributed by atoms with van der Waals surface area (Å²) in [6.07, 6.45) is 5.57. The van der Waals surface area contributed by atoms with Gasteiger partial charge >= 0.3 is 0 Å². The molecule has 1 aliphatic heterocycles. The van der Waals surface area contributed by atoms with Crippen LogP contribution in [-0.4, -0.2) is 18.3 Å². The zero-order chi connectivity index (χ0) is 24.9. The first-order chi connectivity index (χ1) is 17.6. The lowest BCUT2D eigenvalue weighted by Gasteiger charge is -2.31. The van der Waals surface area contributed by atoms with E-state index in [4.69, 9.17) is 11.6 Å². The minimum absolute atomic E-state index is 0.169. The first-order valence-corrected chi connectivity index (χ1v) is 12.9. The highest BCUT2D eigenvalue weighted by atomic mass is 35.5. The van der Waals surface area contributed by atoms with Crippen molar-refractivity contribution in [1.82, 2.24) is 10.7 Å². The van der Waals surface area contributed by atoms with Crippen LogP contribution in [0.15, 0.2) is 78.9 Å². The standard InChI is InChI=1S/C30H29ClFN3O/c31-17-18-33-27(36)16-11-20-9-12-23(13-10-20)29(24-14-15-26-25(19-24)30(32)35-34-26)28(22-7-4-8-22)21-5-2-1-3-6-21/h1-3,5-6,9-16,19,22,30,34-35H,4,7-8,17-18H2,(H,33,36)/b16-11+,29-28-. The molecule has 0 bridgehead atoms. The van der Waals surface area contributed by atoms with E-state index in [1.165, 1.54) is 23.6 Å². The van der Waals surface area contributed by atoms with Crippen molar-refractivity contribution < 1.29 is 9.18 Å². The van der Waals surface area contributed by atoms with E-state index < -0.39 is 6.30 Å². The van der Waals surface area contributed by atoms with Crippen LogP contribution in [-0.2, 0) is 4.79 Å². The highest BCUT2D eigenvalue weighted by Crippen LogP contribution is 2.46. The number of allylic oxidation sites excluding steroid dienone is 1. The van der Waals surface area contributed by atoms with E-state index >= 15 is 0 Å². The van der Waals surface area contributed by atoms with Gasteiger partial charge in [0.2, 0.25) is 5.91 Å². The number of halogens is 2. The lowest BCUT2D eigenvalue weighted by Crippen LogP contribution is -2.22. The molecule has 3 N–H and O–H groups in total. The van der Waals surface area contributed by atoms with E-state index in [0.717, 1.165) is 40.8 Å². The van der Waals surface area contributed by atoms with Gasteiger partial charge < -0.3 is 10.7 Å². The van der Waals surface area contributed by atoms with Crippen LogP contribution in [0.3, 0.4) is 0 Å². The van der Waals surface area contributed by atoms with Gasteiger partial charge in [0, 0.05) is 24.1 Å². The zero-order valence-electron chi connectivity index (χ0n) is 19.9. The Kier molecular flexibility index (Phi) is 7.49. The lowest BCUT2D eigenvalue weighted by atomic mass is 9.73. The summed E-state index contributed by atoms with van der Waals surface area (Å²) < 4.78 is 14.6. The normalized spacial score (nSPS) is 17.8. The lowest BCUT2D eigenvalue weighted by molar-refractivity contribution is -0.116. The Bertz CT molecular complexity index is 1280. The number of hydrazine groups is 1. The average molecular weight is 502 g/mol. The number of carbonyl (C=O) groups is 1. The van der Waals surface area contributed by atoms with Crippen molar-refractivity contribution in [2.45, 2.75) is 25.6 Å². The first kappa shape index (κ1) is 24.3. The van der Waals surface area contributed by atoms with Crippen LogP contribution >= 0.6 is 11.6 Å². The van der Waals surface area contributed by atoms with Crippen molar-refractivity contribution in [3.8, 4) is 0 Å². The quantitative estimate of drug-likeness (QED) is 0.139. The zero-order valence-corrected chi connectivity index (χ0v) is 20.7. The molecule has 6 heteroatoms. The molecule has 1 saturated carbocycles. The molecule has 5 rings (SSSR count). The fraction of sp³-hybridized carbons (Fsp3) is 0.233. The number of benzene rings is 3. The third-order valence-electron chi connectivity index (χ3n) is 6.83. The SMILES string of the molecule is O=C(/C=C/c1ccc(/C(=C(\c2ccccc2)C2CCC2)c2ccc3c(c2)C(F)NN3)cc1)NCCCl. The summed E-state index contributed by atoms with van der Waals surface area (Å²) >= 11 is 5.64. The van der Waals surface area contributed by atoms with Gasteiger partial charge in [-0.05, 0) is 70.4 Å². The molecule has 4 nitrogen and oxygen atoms in total. The average Bonchev–Trinajstić information content (AvgIpc) is 3.26. The van der Waals surface area contributed by atoms with Crippen LogP contribution < -0.4 is 16.2 Å². The molecule has 1 aliphatic carbocycles. The summed E-state index contributed by atoms with van der Waals surface area (Å²) in [7, 11) is 0. The van der Waals surface area contributed by atoms with Gasteiger partial charge in [-0.25, -0.2) is 9.82 Å². The molecule has 3 aromatic carbocycles. The van der Waals surface area contributed by atoms with Crippen LogP contribution in [0.4, 0.5) is 10.1 Å². The Morgan fingerprint density at radius 2 is 1.75 bits per heavy atom. The largest absolute Gasteiger partial charge is 0.351 e. The molecule has 1 atom stereocenters. The maximum Gasteiger partial charge on any atom is 0.244 e. The minimum atomic E-state index is -1.25. The monoisotopic (exact) mass is 501 g/mol. The number of carbonyl (C=O) groups excluding carboxylic acids is 1. The predicted octanol–water partition coefficient (Wildman–Crippen LogP) is 6.71. The summed E-state index contributed by atoms with van der Waals surface area (Å²) in [6.45, 7) is 0.437. The van der Waals surface area contributed by atoms with Crippen molar-refractivity contribution >= 4 is 40.4 Å². The molecular formula is C30H29ClFN3O. The van der Waals surface area contributed by atoms with E-state index in [2.05, 4.69) is 58.6 Å². The molecule has 0 aromatic heterocycles. The molecule has 1 amide bonds. The van der Waals surface area contributed by atoms with E-state index in [-0.39, 0.29) is 5.91 Å². The number of hydrogen-bond acceptors (Lipinski definition) is 3. The second kappa shape index (κ2) is 11.1. The van der Waals surface area contributed by atoms with E-state index in [1.807, 2.05) is 30.3 Å². The Hall–Kier alpha value is -3.41. The molecule has 0 radical (unpaired) electrons. The fourth-order valence-electron chi connectivity index (χ4n) is 4.80. The summed E-state index contributed by atoms with van der Waals surface area (Å²) in [5.41, 5.74) is 13.6. The smallest absolute Gasteiger partial charge is 0.244 e. The van der Waals surface area contributed by atoms with E-state index in [0.29, 0.717) is 23.9 Å². The molecule has 1 fully saturated rings. The van der Waals surface area contributed by atoms with Gasteiger partial charge in [-0.1, -0.05) is 67.1 Å². The number of rotatable bonds is 8. The van der Waals surface area contributed by atoms with Gasteiger partial charge in [0.25, 0.3) is 0 Å². The topological polar surface area (TPSA) is 53.2 Å². The molecule has 1 heterocycles. The Morgan fingerprint density at radius 1 is 1.00 bits per heavy atom. The molecule has 2 aliphatic rings. The molecule has 3 aromatic rings. The van der Waals surface area contributed by atoms with Crippen LogP contribution in [0.1, 0.15) is 53.4 Å². The Labute approximate surface area is 216 Å². The predicted molar refractivity (Wildman–Crippen MR) is 146 cm³/mol. The molecule has 184 valence electrons. The fourth-order valence-corrected chi connectivity index (χ4v) is 4.89. The van der Waals surface area contributed by atoms with Gasteiger partial charge in [0.05, 0.1) is 5.69 Å². The van der Waals surface area contributed by atoms with Crippen LogP contribution in [0.2, 0.25) is 0 Å². The maximum atomic E-state index is 14.6. The number of anilines is 1. The summed E-state index contributed by atoms with van der Waals surface area (Å²) in [4.78, 5) is 11.9. The van der Waals surface area contributed by atoms with Gasteiger partial charge in [0.1, 0.15) is 0 Å². The van der Waals surface area contributed by atoms with Crippen molar-refractivity contribution in [1.29, 1.82) is 0 Å². The number of alkyl halides is 2. The third kappa shape index (κ3) is 5.23. The molecular weight excluding hydrogens is 473 g/mol. The van der Waals surface area contributed by atoms with Gasteiger partial charge in [0.15, 0.2) is 6.30 Å². The summed E-state index contributed by atoms with van der Waals surface area (Å²) in [5, 5.41) is 2.73. The van der Waals surface area contributed by atoms with Crippen LogP contribution in [0, 0.1) is 5.92 Å². The summed E-state index contributed by atoms with van der Waals surface area (Å²) in [6, 6.07) is 24.7. The molecule has 36 heavy (non-hydrogen) atoms. The van der Waals surface area contributed by atoms with Crippen molar-refractivity contribution in [3.05, 3.63) is 107 Å². The van der Waals surface area contributed by atoms with Crippen molar-refractivity contribution in [2.75, 3.05) is 17.9 Å².